The fourth-order valence-corrected chi connectivity index (χ4v) is 4.10. The maximum absolute atomic E-state index is 14.2. The minimum Gasteiger partial charge on any atom is -0.448 e. The Morgan fingerprint density at radius 2 is 2.03 bits per heavy atom. The third-order valence-electron chi connectivity index (χ3n) is 5.78. The summed E-state index contributed by atoms with van der Waals surface area (Å²) < 4.78 is 39.9. The zero-order valence-electron chi connectivity index (χ0n) is 19.5. The zero-order valence-corrected chi connectivity index (χ0v) is 19.5. The second kappa shape index (κ2) is 10.2. The summed E-state index contributed by atoms with van der Waals surface area (Å²) in [4.78, 5) is 47.1. The third kappa shape index (κ3) is 5.08. The van der Waals surface area contributed by atoms with Gasteiger partial charge in [0.05, 0.1) is 6.10 Å². The molecule has 0 bridgehead atoms. The first kappa shape index (κ1) is 24.9. The highest BCUT2D eigenvalue weighted by atomic mass is 19.1. The summed E-state index contributed by atoms with van der Waals surface area (Å²) in [7, 11) is 1.51. The van der Waals surface area contributed by atoms with Gasteiger partial charge in [-0.3, -0.25) is 24.3 Å². The van der Waals surface area contributed by atoms with E-state index in [0.717, 1.165) is 12.1 Å². The standard InChI is InChI=1S/C24H23F2N5O5/c1-4-21(33)30-10-15(20(12-30)35-3)11-31-22-14(9-27-24(29-22)28-13(2)32)7-19(23(31)34)36-18-6-5-16(25)8-17(18)26/h4-9,15,20H,1,10-12H2,2-3H3,(H,27,28,29,32)/t15-,20+/m1/s1. The largest absolute Gasteiger partial charge is 0.448 e. The molecule has 3 heterocycles. The van der Waals surface area contributed by atoms with Crippen LogP contribution < -0.4 is 15.6 Å². The first-order chi connectivity index (χ1) is 17.2. The van der Waals surface area contributed by atoms with Gasteiger partial charge in [-0.1, -0.05) is 6.58 Å². The summed E-state index contributed by atoms with van der Waals surface area (Å²) in [6.07, 6.45) is 2.20. The van der Waals surface area contributed by atoms with Gasteiger partial charge in [0.1, 0.15) is 11.5 Å². The predicted octanol–water partition coefficient (Wildman–Crippen LogP) is 2.48. The number of pyridine rings is 1. The summed E-state index contributed by atoms with van der Waals surface area (Å²) >= 11 is 0. The highest BCUT2D eigenvalue weighted by Crippen LogP contribution is 2.27. The Bertz CT molecular complexity index is 1410. The van der Waals surface area contributed by atoms with E-state index in [1.165, 1.54) is 36.9 Å². The molecule has 1 aliphatic heterocycles. The van der Waals surface area contributed by atoms with Gasteiger partial charge in [0.15, 0.2) is 17.3 Å². The van der Waals surface area contributed by atoms with Gasteiger partial charge in [-0.25, -0.2) is 13.8 Å². The lowest BCUT2D eigenvalue weighted by molar-refractivity contribution is -0.125. The van der Waals surface area contributed by atoms with E-state index in [4.69, 9.17) is 9.47 Å². The van der Waals surface area contributed by atoms with Crippen LogP contribution in [0.2, 0.25) is 0 Å². The van der Waals surface area contributed by atoms with Crippen molar-refractivity contribution in [2.24, 2.45) is 5.92 Å². The van der Waals surface area contributed by atoms with Crippen LogP contribution in [0.15, 0.2) is 47.9 Å². The maximum atomic E-state index is 14.2. The molecule has 0 radical (unpaired) electrons. The third-order valence-corrected chi connectivity index (χ3v) is 5.78. The molecular formula is C24H23F2N5O5. The minimum atomic E-state index is -0.980. The number of likely N-dealkylation sites (tertiary alicyclic amines) is 1. The number of aromatic nitrogens is 3. The van der Waals surface area contributed by atoms with E-state index in [2.05, 4.69) is 21.9 Å². The molecule has 10 nitrogen and oxygen atoms in total. The van der Waals surface area contributed by atoms with Crippen LogP contribution in [0.4, 0.5) is 14.7 Å². The number of methoxy groups -OCH3 is 1. The lowest BCUT2D eigenvalue weighted by Gasteiger charge is -2.20. The molecule has 2 amide bonds. The van der Waals surface area contributed by atoms with E-state index in [9.17, 15) is 23.2 Å². The molecule has 1 fully saturated rings. The second-order valence-electron chi connectivity index (χ2n) is 8.24. The molecule has 36 heavy (non-hydrogen) atoms. The Balaban J connectivity index is 1.80. The zero-order chi connectivity index (χ0) is 26.0. The molecule has 0 aliphatic carbocycles. The number of carbonyl (C=O) groups is 2. The van der Waals surface area contributed by atoms with Crippen LogP contribution in [0.1, 0.15) is 6.92 Å². The Kier molecular flexibility index (Phi) is 7.06. The van der Waals surface area contributed by atoms with Crippen LogP contribution in [0.3, 0.4) is 0 Å². The number of carbonyl (C=O) groups excluding carboxylic acids is 2. The average molecular weight is 499 g/mol. The first-order valence-electron chi connectivity index (χ1n) is 11.0. The molecule has 1 N–H and O–H groups in total. The molecule has 12 heteroatoms. The number of hydrogen-bond donors (Lipinski definition) is 1. The lowest BCUT2D eigenvalue weighted by Crippen LogP contribution is -2.31. The highest BCUT2D eigenvalue weighted by molar-refractivity contribution is 5.88. The number of rotatable bonds is 7. The number of nitrogens with zero attached hydrogens (tertiary/aromatic N) is 4. The number of halogens is 2. The monoisotopic (exact) mass is 499 g/mol. The highest BCUT2D eigenvalue weighted by Gasteiger charge is 2.35. The van der Waals surface area contributed by atoms with Gasteiger partial charge in [-0.2, -0.15) is 4.98 Å². The smallest absolute Gasteiger partial charge is 0.295 e. The molecule has 1 aliphatic rings. The summed E-state index contributed by atoms with van der Waals surface area (Å²) in [6.45, 7) is 5.46. The summed E-state index contributed by atoms with van der Waals surface area (Å²) in [5.74, 6) is -3.34. The van der Waals surface area contributed by atoms with Crippen molar-refractivity contribution >= 4 is 28.8 Å². The fraction of sp³-hybridized carbons (Fsp3) is 0.292. The Hall–Kier alpha value is -4.19. The van der Waals surface area contributed by atoms with Crippen LogP contribution in [0.5, 0.6) is 11.5 Å². The number of fused-ring (bicyclic) bond motifs is 1. The van der Waals surface area contributed by atoms with E-state index in [0.29, 0.717) is 24.5 Å². The number of amides is 2. The van der Waals surface area contributed by atoms with E-state index in [1.807, 2.05) is 0 Å². The van der Waals surface area contributed by atoms with Crippen LogP contribution >= 0.6 is 0 Å². The molecule has 0 saturated carbocycles. The molecule has 2 aromatic heterocycles. The minimum absolute atomic E-state index is 0.0143. The number of anilines is 1. The van der Waals surface area contributed by atoms with Crippen molar-refractivity contribution in [3.63, 3.8) is 0 Å². The van der Waals surface area contributed by atoms with Gasteiger partial charge in [0, 0.05) is 57.2 Å². The Labute approximate surface area is 204 Å². The van der Waals surface area contributed by atoms with E-state index < -0.39 is 23.1 Å². The molecule has 0 spiro atoms. The van der Waals surface area contributed by atoms with Gasteiger partial charge in [0.25, 0.3) is 5.56 Å². The van der Waals surface area contributed by atoms with Crippen molar-refractivity contribution in [2.45, 2.75) is 19.6 Å². The molecular weight excluding hydrogens is 476 g/mol. The summed E-state index contributed by atoms with van der Waals surface area (Å²) in [6, 6.07) is 4.06. The molecule has 1 saturated heterocycles. The first-order valence-corrected chi connectivity index (χ1v) is 11.0. The van der Waals surface area contributed by atoms with Crippen LogP contribution in [0.25, 0.3) is 11.0 Å². The molecule has 188 valence electrons. The normalized spacial score (nSPS) is 17.3. The Morgan fingerprint density at radius 1 is 1.25 bits per heavy atom. The van der Waals surface area contributed by atoms with Gasteiger partial charge >= 0.3 is 0 Å². The number of benzene rings is 1. The summed E-state index contributed by atoms with van der Waals surface area (Å²) in [5.41, 5.74) is -0.462. The van der Waals surface area contributed by atoms with Crippen molar-refractivity contribution in [1.29, 1.82) is 0 Å². The van der Waals surface area contributed by atoms with Crippen molar-refractivity contribution < 1.29 is 27.8 Å². The predicted molar refractivity (Wildman–Crippen MR) is 126 cm³/mol. The quantitative estimate of drug-likeness (QED) is 0.497. The van der Waals surface area contributed by atoms with Crippen LogP contribution in [-0.4, -0.2) is 57.6 Å². The van der Waals surface area contributed by atoms with Crippen LogP contribution in [-0.2, 0) is 20.9 Å². The molecule has 4 rings (SSSR count). The SMILES string of the molecule is C=CC(=O)N1C[C@H](Cn2c(=O)c(Oc3ccc(F)cc3F)cc3cnc(NC(C)=O)nc32)[C@@H](OC)C1. The average Bonchev–Trinajstić information content (AvgIpc) is 3.25. The number of nitrogens with one attached hydrogen (secondary N) is 1. The topological polar surface area (TPSA) is 116 Å². The van der Waals surface area contributed by atoms with Crippen molar-refractivity contribution in [3.05, 3.63) is 65.1 Å². The maximum Gasteiger partial charge on any atom is 0.295 e. The van der Waals surface area contributed by atoms with E-state index in [1.54, 1.807) is 4.90 Å². The summed E-state index contributed by atoms with van der Waals surface area (Å²) in [5, 5.41) is 2.84. The van der Waals surface area contributed by atoms with Gasteiger partial charge in [0.2, 0.25) is 17.8 Å². The fourth-order valence-electron chi connectivity index (χ4n) is 4.10. The van der Waals surface area contributed by atoms with Crippen molar-refractivity contribution in [2.75, 3.05) is 25.5 Å². The Morgan fingerprint density at radius 3 is 2.69 bits per heavy atom. The van der Waals surface area contributed by atoms with Gasteiger partial charge < -0.3 is 14.4 Å². The lowest BCUT2D eigenvalue weighted by atomic mass is 10.1. The molecule has 1 aromatic carbocycles. The number of ether oxygens (including phenoxy) is 2. The molecule has 2 atom stereocenters. The van der Waals surface area contributed by atoms with E-state index >= 15 is 0 Å². The van der Waals surface area contributed by atoms with Crippen molar-refractivity contribution in [1.82, 2.24) is 19.4 Å². The molecule has 3 aromatic rings. The van der Waals surface area contributed by atoms with Crippen LogP contribution in [0, 0.1) is 17.6 Å². The van der Waals surface area contributed by atoms with Crippen molar-refractivity contribution in [3.8, 4) is 11.5 Å². The van der Waals surface area contributed by atoms with E-state index in [-0.39, 0.29) is 47.6 Å². The molecule has 0 unspecified atom stereocenters. The van der Waals surface area contributed by atoms with Gasteiger partial charge in [-0.15, -0.1) is 0 Å². The number of hydrogen-bond acceptors (Lipinski definition) is 7. The van der Waals surface area contributed by atoms with Gasteiger partial charge in [-0.05, 0) is 24.3 Å². The second-order valence-corrected chi connectivity index (χ2v) is 8.24.